The molecule has 0 spiro atoms. The third-order valence-corrected chi connectivity index (χ3v) is 4.29. The summed E-state index contributed by atoms with van der Waals surface area (Å²) in [4.78, 5) is 36.1. The fraction of sp³-hybridized carbons (Fsp3) is 0.381. The molecule has 0 bridgehead atoms. The number of rotatable bonds is 9. The Morgan fingerprint density at radius 1 is 1.29 bits per heavy atom. The standard InChI is InChI=1S/C21H25F2N5O3/c1-6-17(29)28-20-26-13(4)9-16(27-20)19(30)25-11-15-7-8-18(24-10-15)31-14(5)21(22,23)12(2)3/h7-10,14H,2,6,11H2,1,3-5H3,(H,25,30)(H,26,27,28,29)/t14-/m1/s1. The van der Waals surface area contributed by atoms with Crippen LogP contribution in [0.5, 0.6) is 5.88 Å². The molecule has 2 amide bonds. The highest BCUT2D eigenvalue weighted by Crippen LogP contribution is 2.29. The summed E-state index contributed by atoms with van der Waals surface area (Å²) >= 11 is 0. The number of nitrogens with zero attached hydrogens (tertiary/aromatic N) is 3. The number of aryl methyl sites for hydroxylation is 1. The van der Waals surface area contributed by atoms with Gasteiger partial charge in [0.15, 0.2) is 6.10 Å². The number of carbonyl (C=O) groups excluding carboxylic acids is 2. The van der Waals surface area contributed by atoms with Gasteiger partial charge in [0.2, 0.25) is 17.7 Å². The van der Waals surface area contributed by atoms with Gasteiger partial charge in [0.1, 0.15) is 5.69 Å². The zero-order valence-corrected chi connectivity index (χ0v) is 17.8. The highest BCUT2D eigenvalue weighted by Gasteiger charge is 2.39. The predicted molar refractivity (Wildman–Crippen MR) is 111 cm³/mol. The number of pyridine rings is 1. The minimum absolute atomic E-state index is 0.0336. The summed E-state index contributed by atoms with van der Waals surface area (Å²) < 4.78 is 33.0. The molecule has 0 fully saturated rings. The molecule has 2 N–H and O–H groups in total. The molecule has 0 aliphatic heterocycles. The quantitative estimate of drug-likeness (QED) is 0.587. The van der Waals surface area contributed by atoms with Crippen molar-refractivity contribution in [2.24, 2.45) is 0 Å². The van der Waals surface area contributed by atoms with Gasteiger partial charge in [-0.1, -0.05) is 19.6 Å². The van der Waals surface area contributed by atoms with Crippen molar-refractivity contribution in [3.63, 3.8) is 0 Å². The van der Waals surface area contributed by atoms with Gasteiger partial charge in [-0.25, -0.2) is 15.0 Å². The molecular formula is C21H25F2N5O3. The first-order valence-corrected chi connectivity index (χ1v) is 9.62. The van der Waals surface area contributed by atoms with Gasteiger partial charge in [-0.15, -0.1) is 0 Å². The van der Waals surface area contributed by atoms with Crippen LogP contribution in [0.25, 0.3) is 0 Å². The van der Waals surface area contributed by atoms with Crippen molar-refractivity contribution in [1.82, 2.24) is 20.3 Å². The van der Waals surface area contributed by atoms with Crippen molar-refractivity contribution >= 4 is 17.8 Å². The normalized spacial score (nSPS) is 12.1. The number of carbonyl (C=O) groups is 2. The van der Waals surface area contributed by atoms with E-state index in [0.717, 1.165) is 0 Å². The molecule has 0 radical (unpaired) electrons. The summed E-state index contributed by atoms with van der Waals surface area (Å²) in [7, 11) is 0. The smallest absolute Gasteiger partial charge is 0.304 e. The first-order chi connectivity index (χ1) is 14.5. The van der Waals surface area contributed by atoms with E-state index in [0.29, 0.717) is 11.3 Å². The number of alkyl halides is 2. The van der Waals surface area contributed by atoms with Crippen LogP contribution in [0.4, 0.5) is 14.7 Å². The van der Waals surface area contributed by atoms with Crippen molar-refractivity contribution < 1.29 is 23.1 Å². The lowest BCUT2D eigenvalue weighted by Gasteiger charge is -2.24. The van der Waals surface area contributed by atoms with E-state index >= 15 is 0 Å². The van der Waals surface area contributed by atoms with Crippen LogP contribution in [0.1, 0.15) is 48.9 Å². The lowest BCUT2D eigenvalue weighted by molar-refractivity contribution is -0.115. The molecule has 0 unspecified atom stereocenters. The van der Waals surface area contributed by atoms with Crippen LogP contribution in [0.3, 0.4) is 0 Å². The largest absolute Gasteiger partial charge is 0.468 e. The summed E-state index contributed by atoms with van der Waals surface area (Å²) in [5.74, 6) is -3.82. The third-order valence-electron chi connectivity index (χ3n) is 4.29. The van der Waals surface area contributed by atoms with Crippen LogP contribution >= 0.6 is 0 Å². The van der Waals surface area contributed by atoms with Crippen LogP contribution in [0.2, 0.25) is 0 Å². The molecule has 2 aromatic rings. The molecule has 1 atom stereocenters. The van der Waals surface area contributed by atoms with Crippen molar-refractivity contribution in [3.8, 4) is 5.88 Å². The van der Waals surface area contributed by atoms with Crippen molar-refractivity contribution in [3.05, 3.63) is 53.5 Å². The van der Waals surface area contributed by atoms with Crippen molar-refractivity contribution in [2.45, 2.75) is 52.7 Å². The van der Waals surface area contributed by atoms with Crippen molar-refractivity contribution in [2.75, 3.05) is 5.32 Å². The Balaban J connectivity index is 1.98. The highest BCUT2D eigenvalue weighted by atomic mass is 19.3. The van der Waals surface area contributed by atoms with Gasteiger partial charge in [0.05, 0.1) is 0 Å². The monoisotopic (exact) mass is 433 g/mol. The first-order valence-electron chi connectivity index (χ1n) is 9.62. The number of anilines is 1. The Labute approximate surface area is 179 Å². The molecule has 2 rings (SSSR count). The minimum Gasteiger partial charge on any atom is -0.468 e. The lowest BCUT2D eigenvalue weighted by atomic mass is 10.1. The van der Waals surface area contributed by atoms with Gasteiger partial charge in [-0.2, -0.15) is 8.78 Å². The summed E-state index contributed by atoms with van der Waals surface area (Å²) in [5.41, 5.74) is 0.958. The molecule has 0 saturated heterocycles. The maximum atomic E-state index is 13.9. The molecule has 2 heterocycles. The van der Waals surface area contributed by atoms with E-state index in [1.807, 2.05) is 0 Å². The molecule has 8 nitrogen and oxygen atoms in total. The second-order valence-corrected chi connectivity index (χ2v) is 6.97. The first kappa shape index (κ1) is 23.8. The van der Waals surface area contributed by atoms with E-state index in [-0.39, 0.29) is 42.0 Å². The van der Waals surface area contributed by atoms with E-state index in [2.05, 4.69) is 32.2 Å². The third kappa shape index (κ3) is 6.53. The van der Waals surface area contributed by atoms with Gasteiger partial charge in [-0.3, -0.25) is 14.9 Å². The number of hydrogen-bond acceptors (Lipinski definition) is 6. The van der Waals surface area contributed by atoms with Gasteiger partial charge >= 0.3 is 5.92 Å². The van der Waals surface area contributed by atoms with Crippen LogP contribution in [0.15, 0.2) is 36.5 Å². The summed E-state index contributed by atoms with van der Waals surface area (Å²) in [6, 6.07) is 4.54. The SMILES string of the molecule is C=C(C)C(F)(F)[C@@H](C)Oc1ccc(CNC(=O)c2cc(C)nc(NC(=O)CC)n2)cn1. The van der Waals surface area contributed by atoms with Gasteiger partial charge in [0, 0.05) is 30.9 Å². The van der Waals surface area contributed by atoms with Gasteiger partial charge in [-0.05, 0) is 38.0 Å². The molecule has 10 heteroatoms. The zero-order chi connectivity index (χ0) is 23.2. The Hall–Kier alpha value is -3.43. The van der Waals surface area contributed by atoms with E-state index in [1.54, 1.807) is 19.9 Å². The lowest BCUT2D eigenvalue weighted by Crippen LogP contribution is -2.36. The fourth-order valence-corrected chi connectivity index (χ4v) is 2.41. The number of aromatic nitrogens is 3. The fourth-order valence-electron chi connectivity index (χ4n) is 2.41. The van der Waals surface area contributed by atoms with E-state index in [1.165, 1.54) is 32.2 Å². The Morgan fingerprint density at radius 3 is 2.58 bits per heavy atom. The molecule has 31 heavy (non-hydrogen) atoms. The minimum atomic E-state index is -3.18. The molecule has 0 aromatic carbocycles. The number of amides is 2. The van der Waals surface area contributed by atoms with E-state index in [9.17, 15) is 18.4 Å². The van der Waals surface area contributed by atoms with Gasteiger partial charge in [0.25, 0.3) is 5.91 Å². The molecule has 2 aromatic heterocycles. The maximum absolute atomic E-state index is 13.9. The molecule has 166 valence electrons. The van der Waals surface area contributed by atoms with Crippen LogP contribution in [-0.4, -0.2) is 38.8 Å². The van der Waals surface area contributed by atoms with E-state index in [4.69, 9.17) is 4.74 Å². The predicted octanol–water partition coefficient (Wildman–Crippen LogP) is 3.44. The maximum Gasteiger partial charge on any atom is 0.304 e. The van der Waals surface area contributed by atoms with Crippen LogP contribution < -0.4 is 15.4 Å². The molecule has 0 aliphatic carbocycles. The zero-order valence-electron chi connectivity index (χ0n) is 17.8. The topological polar surface area (TPSA) is 106 Å². The summed E-state index contributed by atoms with van der Waals surface area (Å²) in [6.07, 6.45) is 0.251. The van der Waals surface area contributed by atoms with Crippen LogP contribution in [0, 0.1) is 6.92 Å². The molecular weight excluding hydrogens is 408 g/mol. The average molecular weight is 433 g/mol. The number of halogens is 2. The Kier molecular flexibility index (Phi) is 7.73. The number of hydrogen-bond donors (Lipinski definition) is 2. The average Bonchev–Trinajstić information content (AvgIpc) is 2.72. The number of nitrogens with one attached hydrogen (secondary N) is 2. The summed E-state index contributed by atoms with van der Waals surface area (Å²) in [5, 5.41) is 5.20. The Morgan fingerprint density at radius 2 is 2.00 bits per heavy atom. The second-order valence-electron chi connectivity index (χ2n) is 6.97. The highest BCUT2D eigenvalue weighted by molar-refractivity contribution is 5.93. The molecule has 0 aliphatic rings. The second kappa shape index (κ2) is 10.1. The van der Waals surface area contributed by atoms with E-state index < -0.39 is 17.9 Å². The van der Waals surface area contributed by atoms with Crippen LogP contribution in [-0.2, 0) is 11.3 Å². The summed E-state index contributed by atoms with van der Waals surface area (Å²) in [6.45, 7) is 9.25. The number of ether oxygens (including phenoxy) is 1. The van der Waals surface area contributed by atoms with Crippen molar-refractivity contribution in [1.29, 1.82) is 0 Å². The molecule has 0 saturated carbocycles. The van der Waals surface area contributed by atoms with Gasteiger partial charge < -0.3 is 10.1 Å². The Bertz CT molecular complexity index is 964.